The summed E-state index contributed by atoms with van der Waals surface area (Å²) in [6.07, 6.45) is 18.8. The number of ether oxygens (including phenoxy) is 1. The monoisotopic (exact) mass is 922 g/mol. The summed E-state index contributed by atoms with van der Waals surface area (Å²) in [4.78, 5) is 15.6. The number of hydrogen-bond donors (Lipinski definition) is 10. The summed E-state index contributed by atoms with van der Waals surface area (Å²) in [5.41, 5.74) is 2.98. The molecule has 0 aromatic rings. The van der Waals surface area contributed by atoms with Crippen LogP contribution in [0.2, 0.25) is 0 Å². The van der Waals surface area contributed by atoms with E-state index in [2.05, 4.69) is 17.6 Å². The van der Waals surface area contributed by atoms with Gasteiger partial charge in [0, 0.05) is 30.2 Å². The van der Waals surface area contributed by atoms with E-state index in [0.717, 1.165) is 81.4 Å². The molecule has 17 unspecified atom stereocenters. The largest absolute Gasteiger partial charge is 0.396 e. The van der Waals surface area contributed by atoms with Gasteiger partial charge in [0.25, 0.3) is 0 Å². The van der Waals surface area contributed by atoms with Crippen LogP contribution in [0.15, 0.2) is 34.7 Å². The third kappa shape index (κ3) is 7.93. The molecule has 6 saturated carbocycles. The van der Waals surface area contributed by atoms with E-state index in [4.69, 9.17) is 10.5 Å². The van der Waals surface area contributed by atoms with Gasteiger partial charge < -0.3 is 56.8 Å². The Morgan fingerprint density at radius 3 is 2.44 bits per heavy atom. The summed E-state index contributed by atoms with van der Waals surface area (Å²) in [6, 6.07) is 0. The lowest BCUT2D eigenvalue weighted by Crippen LogP contribution is -2.70. The van der Waals surface area contributed by atoms with Crippen molar-refractivity contribution in [2.24, 2.45) is 58.0 Å². The standard InChI is InChI=1S/C54H87N3O9/c1-4-10-33-15-18-36-37-13-7-8-24-54(65,49(37)66-43(36)19-16-33)50(3,63)44-23-27-53(64)46-38(22-26-52(44,53)35-11-5-6-12-35)51(25-21-34-17-20-45(55)57-40(34)14-9-28-58)30-42(61)41(60)29-39(51)48(62)47(46)56-31-32(2)59/h17,20,32-33,35-39,41-45,49,56-61,63-65H,4-16,18-19,21-31,55H2,1-3H3. The second-order valence-corrected chi connectivity index (χ2v) is 23.7. The van der Waals surface area contributed by atoms with Gasteiger partial charge in [0.05, 0.1) is 53.6 Å². The van der Waals surface area contributed by atoms with E-state index in [-0.39, 0.29) is 61.8 Å². The van der Waals surface area contributed by atoms with Gasteiger partial charge in [-0.25, -0.2) is 0 Å². The van der Waals surface area contributed by atoms with Gasteiger partial charge in [-0.1, -0.05) is 57.9 Å². The van der Waals surface area contributed by atoms with Crippen molar-refractivity contribution in [1.82, 2.24) is 10.6 Å². The summed E-state index contributed by atoms with van der Waals surface area (Å²) in [7, 11) is 0. The minimum atomic E-state index is -1.62. The highest BCUT2D eigenvalue weighted by Gasteiger charge is 2.76. The number of Topliss-reactive ketones (excluding diaryl/α,β-unsaturated/α-hetero) is 1. The molecule has 2 heterocycles. The Morgan fingerprint density at radius 2 is 1.70 bits per heavy atom. The summed E-state index contributed by atoms with van der Waals surface area (Å²) in [5, 5.41) is 92.2. The maximum absolute atomic E-state index is 15.6. The third-order valence-electron chi connectivity index (χ3n) is 20.5. The summed E-state index contributed by atoms with van der Waals surface area (Å²) in [6.45, 7) is 5.99. The van der Waals surface area contributed by atoms with Gasteiger partial charge in [-0.3, -0.25) is 4.79 Å². The van der Waals surface area contributed by atoms with Crippen molar-refractivity contribution in [3.8, 4) is 0 Å². The second-order valence-electron chi connectivity index (χ2n) is 23.7. The van der Waals surface area contributed by atoms with Crippen LogP contribution in [0.4, 0.5) is 0 Å². The van der Waals surface area contributed by atoms with E-state index < -0.39 is 63.9 Å². The van der Waals surface area contributed by atoms with Crippen molar-refractivity contribution >= 4 is 5.78 Å². The lowest BCUT2D eigenvalue weighted by atomic mass is 9.41. The topological polar surface area (TPSA) is 218 Å². The predicted molar refractivity (Wildman–Crippen MR) is 253 cm³/mol. The van der Waals surface area contributed by atoms with Gasteiger partial charge in [-0.05, 0) is 181 Å². The van der Waals surface area contributed by atoms with E-state index in [1.54, 1.807) is 6.92 Å². The van der Waals surface area contributed by atoms with Crippen LogP contribution >= 0.6 is 0 Å². The molecule has 1 saturated heterocycles. The Labute approximate surface area is 394 Å². The number of aliphatic hydroxyl groups excluding tert-OH is 4. The van der Waals surface area contributed by atoms with Crippen molar-refractivity contribution in [1.29, 1.82) is 0 Å². The molecule has 7 fully saturated rings. The zero-order valence-electron chi connectivity index (χ0n) is 40.6. The SMILES string of the molecule is CCCC1CCC2OC3C(CCCCC3(O)C(C)(O)C3CCC4(O)C5=C(NCC(C)O)C(=O)C6CC(O)C(O)CC6(CCC6=C(CCCO)NC(N)C=C6)C5CCC34C3CCCC3)C2CC1. The quantitative estimate of drug-likeness (QED) is 0.0981. The molecule has 0 aromatic heterocycles. The first kappa shape index (κ1) is 49.1. The molecule has 66 heavy (non-hydrogen) atoms. The molecule has 0 spiro atoms. The van der Waals surface area contributed by atoms with E-state index >= 15 is 4.79 Å². The number of nitrogens with one attached hydrogen (secondary N) is 2. The highest BCUT2D eigenvalue weighted by Crippen LogP contribution is 2.74. The van der Waals surface area contributed by atoms with Crippen LogP contribution in [-0.2, 0) is 9.53 Å². The minimum absolute atomic E-state index is 0.0435. The Kier molecular flexibility index (Phi) is 14.2. The van der Waals surface area contributed by atoms with E-state index in [1.165, 1.54) is 19.3 Å². The van der Waals surface area contributed by atoms with Gasteiger partial charge in [0.2, 0.25) is 0 Å². The van der Waals surface area contributed by atoms with Crippen molar-refractivity contribution in [2.75, 3.05) is 13.2 Å². The molecule has 9 rings (SSSR count). The van der Waals surface area contributed by atoms with E-state index in [1.807, 2.05) is 19.1 Å². The third-order valence-corrected chi connectivity index (χ3v) is 20.5. The van der Waals surface area contributed by atoms with Crippen LogP contribution in [0.5, 0.6) is 0 Å². The summed E-state index contributed by atoms with van der Waals surface area (Å²) >= 11 is 0. The number of rotatable bonds is 14. The van der Waals surface area contributed by atoms with Crippen molar-refractivity contribution in [3.05, 3.63) is 34.7 Å². The Morgan fingerprint density at radius 1 is 0.939 bits per heavy atom. The average Bonchev–Trinajstić information content (AvgIpc) is 3.96. The maximum Gasteiger partial charge on any atom is 0.182 e. The lowest BCUT2D eigenvalue weighted by molar-refractivity contribution is -0.261. The fourth-order valence-corrected chi connectivity index (χ4v) is 17.5. The number of hydrogen-bond acceptors (Lipinski definition) is 12. The number of aliphatic hydroxyl groups is 7. The molecular formula is C54H87N3O9. The number of ketones is 1. The molecule has 0 amide bonds. The molecule has 0 aromatic carbocycles. The zero-order chi connectivity index (χ0) is 46.8. The molecule has 7 aliphatic carbocycles. The number of carbonyl (C=O) groups is 1. The first-order chi connectivity index (χ1) is 31.6. The summed E-state index contributed by atoms with van der Waals surface area (Å²) < 4.78 is 7.17. The highest BCUT2D eigenvalue weighted by atomic mass is 16.5. The second kappa shape index (κ2) is 19.0. The number of fused-ring (bicyclic) bond motifs is 8. The normalized spacial score (nSPS) is 45.2. The van der Waals surface area contributed by atoms with Crippen molar-refractivity contribution in [3.63, 3.8) is 0 Å². The van der Waals surface area contributed by atoms with Gasteiger partial charge in [0.15, 0.2) is 5.78 Å². The van der Waals surface area contributed by atoms with Crippen LogP contribution < -0.4 is 16.4 Å². The highest BCUT2D eigenvalue weighted by molar-refractivity contribution is 6.00. The smallest absolute Gasteiger partial charge is 0.182 e. The Hall–Kier alpha value is -1.87. The van der Waals surface area contributed by atoms with Crippen molar-refractivity contribution < 1.29 is 45.3 Å². The molecule has 12 heteroatoms. The molecule has 11 N–H and O–H groups in total. The Balaban J connectivity index is 1.14. The molecule has 9 aliphatic rings. The number of allylic oxidation sites excluding steroid dienone is 4. The van der Waals surface area contributed by atoms with Crippen LogP contribution in [0, 0.1) is 52.3 Å². The fraction of sp³-hybridized carbons (Fsp3) is 0.870. The predicted octanol–water partition coefficient (Wildman–Crippen LogP) is 5.94. The molecule has 0 radical (unpaired) electrons. The number of nitrogens with two attached hydrogens (primary N) is 1. The number of dihydropyridines is 1. The van der Waals surface area contributed by atoms with Crippen LogP contribution in [0.1, 0.15) is 175 Å². The van der Waals surface area contributed by atoms with Gasteiger partial charge in [-0.15, -0.1) is 0 Å². The lowest BCUT2D eigenvalue weighted by Gasteiger charge is -2.65. The Bertz CT molecular complexity index is 1860. The molecular weight excluding hydrogens is 835 g/mol. The molecule has 0 bridgehead atoms. The van der Waals surface area contributed by atoms with Crippen LogP contribution in [-0.4, -0.2) is 108 Å². The molecule has 2 aliphatic heterocycles. The molecule has 12 nitrogen and oxygen atoms in total. The van der Waals surface area contributed by atoms with Crippen LogP contribution in [0.3, 0.4) is 0 Å². The van der Waals surface area contributed by atoms with Gasteiger partial charge in [-0.2, -0.15) is 0 Å². The summed E-state index contributed by atoms with van der Waals surface area (Å²) in [5.74, 6) is -0.343. The van der Waals surface area contributed by atoms with Gasteiger partial charge in [0.1, 0.15) is 5.60 Å². The van der Waals surface area contributed by atoms with E-state index in [0.29, 0.717) is 75.0 Å². The minimum Gasteiger partial charge on any atom is -0.396 e. The average molecular weight is 922 g/mol. The fourth-order valence-electron chi connectivity index (χ4n) is 17.5. The van der Waals surface area contributed by atoms with Gasteiger partial charge >= 0.3 is 0 Å². The van der Waals surface area contributed by atoms with Crippen LogP contribution in [0.25, 0.3) is 0 Å². The first-order valence-electron chi connectivity index (χ1n) is 27.0. The van der Waals surface area contributed by atoms with E-state index in [9.17, 15) is 35.7 Å². The first-order valence-corrected chi connectivity index (χ1v) is 27.0. The maximum atomic E-state index is 15.6. The molecule has 17 atom stereocenters. The molecule has 372 valence electrons. The number of carbonyl (C=O) groups excluding carboxylic acids is 1. The van der Waals surface area contributed by atoms with Crippen molar-refractivity contribution in [2.45, 2.75) is 228 Å². The zero-order valence-corrected chi connectivity index (χ0v) is 40.6.